The summed E-state index contributed by atoms with van der Waals surface area (Å²) in [5, 5.41) is 0. The molecule has 1 heterocycles. The van der Waals surface area contributed by atoms with E-state index in [2.05, 4.69) is 22.9 Å². The molecule has 0 aliphatic carbocycles. The van der Waals surface area contributed by atoms with E-state index in [1.807, 2.05) is 0 Å². The molecule has 1 rings (SSSR count). The van der Waals surface area contributed by atoms with Gasteiger partial charge >= 0.3 is 44.7 Å². The van der Waals surface area contributed by atoms with Gasteiger partial charge in [0.15, 0.2) is 0 Å². The molecule has 0 aromatic heterocycles. The minimum atomic E-state index is 0.814. The van der Waals surface area contributed by atoms with Crippen LogP contribution in [0.4, 0.5) is 0 Å². The van der Waals surface area contributed by atoms with E-state index in [0.717, 1.165) is 21.8 Å². The summed E-state index contributed by atoms with van der Waals surface area (Å²) >= 11 is 0.814. The van der Waals surface area contributed by atoms with Crippen LogP contribution in [0.5, 0.6) is 0 Å². The first-order valence-electron chi connectivity index (χ1n) is 1.73. The third kappa shape index (κ3) is 1.26. The molecule has 0 saturated carbocycles. The van der Waals surface area contributed by atoms with Crippen LogP contribution in [0.1, 0.15) is 0 Å². The van der Waals surface area contributed by atoms with E-state index >= 15 is 0 Å². The first-order valence-corrected chi connectivity index (χ1v) is 6.27. The maximum atomic E-state index is 2.26. The SMILES string of the molecule is C1=CP[Se]C=C1. The molecular weight excluding hydrogens is 158 g/mol. The van der Waals surface area contributed by atoms with Crippen LogP contribution in [0.3, 0.4) is 0 Å². The Hall–Kier alpha value is 0.429. The molecule has 0 saturated heterocycles. The predicted molar refractivity (Wildman–Crippen MR) is 32.3 cm³/mol. The Labute approximate surface area is 45.3 Å². The molecule has 0 bridgehead atoms. The summed E-state index contributed by atoms with van der Waals surface area (Å²) in [6.07, 6.45) is 4.24. The molecule has 32 valence electrons. The maximum absolute atomic E-state index is 2.26. The van der Waals surface area contributed by atoms with E-state index in [0.29, 0.717) is 0 Å². The van der Waals surface area contributed by atoms with Crippen molar-refractivity contribution in [3.63, 3.8) is 0 Å². The third-order valence-electron chi connectivity index (χ3n) is 0.490. The molecule has 0 fully saturated rings. The average Bonchev–Trinajstić information content (AvgIpc) is 1.72. The van der Waals surface area contributed by atoms with Gasteiger partial charge in [-0.1, -0.05) is 0 Å². The van der Waals surface area contributed by atoms with Gasteiger partial charge in [-0.05, 0) is 0 Å². The Morgan fingerprint density at radius 1 is 1.33 bits per heavy atom. The topological polar surface area (TPSA) is 0 Å². The van der Waals surface area contributed by atoms with Crippen LogP contribution in [-0.4, -0.2) is 14.5 Å². The third-order valence-corrected chi connectivity index (χ3v) is 3.99. The quantitative estimate of drug-likeness (QED) is 0.373. The van der Waals surface area contributed by atoms with E-state index in [1.54, 1.807) is 0 Å². The van der Waals surface area contributed by atoms with Crippen LogP contribution in [0.2, 0.25) is 0 Å². The summed E-state index contributed by atoms with van der Waals surface area (Å²) in [7, 11) is 1.10. The summed E-state index contributed by atoms with van der Waals surface area (Å²) in [6, 6.07) is 0. The first-order chi connectivity index (χ1) is 3.00. The van der Waals surface area contributed by atoms with Crippen molar-refractivity contribution in [2.45, 2.75) is 0 Å². The second-order valence-corrected chi connectivity index (χ2v) is 5.27. The van der Waals surface area contributed by atoms with Gasteiger partial charge in [0.05, 0.1) is 0 Å². The van der Waals surface area contributed by atoms with Gasteiger partial charge < -0.3 is 0 Å². The average molecular weight is 163 g/mol. The van der Waals surface area contributed by atoms with Gasteiger partial charge in [0, 0.05) is 0 Å². The van der Waals surface area contributed by atoms with E-state index in [9.17, 15) is 0 Å². The van der Waals surface area contributed by atoms with Crippen LogP contribution >= 0.6 is 7.27 Å². The van der Waals surface area contributed by atoms with Crippen LogP contribution in [-0.2, 0) is 0 Å². The zero-order valence-electron chi connectivity index (χ0n) is 3.22. The molecule has 1 aliphatic heterocycles. The standard InChI is InChI=1S/C4H5PSe/c1-2-4-6-5-3-1/h1-5H. The monoisotopic (exact) mass is 164 g/mol. The van der Waals surface area contributed by atoms with Crippen molar-refractivity contribution < 1.29 is 0 Å². The fraction of sp³-hybridized carbons (Fsp3) is 0. The van der Waals surface area contributed by atoms with E-state index in [-0.39, 0.29) is 0 Å². The fourth-order valence-corrected chi connectivity index (χ4v) is 2.85. The summed E-state index contributed by atoms with van der Waals surface area (Å²) in [5.74, 6) is 2.24. The molecule has 2 heteroatoms. The van der Waals surface area contributed by atoms with Gasteiger partial charge in [-0.2, -0.15) is 0 Å². The molecule has 1 aliphatic rings. The van der Waals surface area contributed by atoms with Crippen molar-refractivity contribution in [1.29, 1.82) is 0 Å². The number of allylic oxidation sites excluding steroid dienone is 2. The normalized spacial score (nSPS) is 22.7. The number of hydrogen-bond acceptors (Lipinski definition) is 0. The Morgan fingerprint density at radius 2 is 2.33 bits per heavy atom. The van der Waals surface area contributed by atoms with Gasteiger partial charge in [-0.3, -0.25) is 0 Å². The van der Waals surface area contributed by atoms with Crippen LogP contribution in [0.25, 0.3) is 0 Å². The Kier molecular flexibility index (Phi) is 1.97. The Bertz CT molecular complexity index is 73.5. The molecule has 0 amide bonds. The van der Waals surface area contributed by atoms with Gasteiger partial charge in [0.25, 0.3) is 0 Å². The molecule has 0 N–H and O–H groups in total. The molecule has 0 aromatic carbocycles. The van der Waals surface area contributed by atoms with Crippen molar-refractivity contribution in [1.82, 2.24) is 0 Å². The van der Waals surface area contributed by atoms with Crippen LogP contribution in [0.15, 0.2) is 22.9 Å². The predicted octanol–water partition coefficient (Wildman–Crippen LogP) is 1.33. The number of hydrogen-bond donors (Lipinski definition) is 0. The van der Waals surface area contributed by atoms with Crippen molar-refractivity contribution in [3.8, 4) is 0 Å². The van der Waals surface area contributed by atoms with E-state index in [1.165, 1.54) is 0 Å². The zero-order chi connectivity index (χ0) is 4.24. The van der Waals surface area contributed by atoms with Crippen molar-refractivity contribution in [2.24, 2.45) is 0 Å². The van der Waals surface area contributed by atoms with Crippen molar-refractivity contribution in [3.05, 3.63) is 22.9 Å². The van der Waals surface area contributed by atoms with Gasteiger partial charge in [0.2, 0.25) is 0 Å². The second-order valence-electron chi connectivity index (χ2n) is 0.923. The van der Waals surface area contributed by atoms with E-state index < -0.39 is 0 Å². The fourth-order valence-electron chi connectivity index (χ4n) is 0.258. The van der Waals surface area contributed by atoms with Crippen molar-refractivity contribution >= 4 is 21.8 Å². The Morgan fingerprint density at radius 3 is 2.50 bits per heavy atom. The Balaban J connectivity index is 2.46. The first kappa shape index (κ1) is 4.59. The van der Waals surface area contributed by atoms with E-state index in [4.69, 9.17) is 0 Å². The number of rotatable bonds is 0. The van der Waals surface area contributed by atoms with Gasteiger partial charge in [-0.15, -0.1) is 0 Å². The molecule has 1 atom stereocenters. The van der Waals surface area contributed by atoms with Crippen molar-refractivity contribution in [2.75, 3.05) is 0 Å². The van der Waals surface area contributed by atoms with Crippen LogP contribution in [0, 0.1) is 0 Å². The van der Waals surface area contributed by atoms with Gasteiger partial charge in [0.1, 0.15) is 0 Å². The molecule has 6 heavy (non-hydrogen) atoms. The van der Waals surface area contributed by atoms with Crippen LogP contribution < -0.4 is 0 Å². The summed E-state index contributed by atoms with van der Waals surface area (Å²) < 4.78 is 0. The minimum absolute atomic E-state index is 0.814. The molecular formula is C4H5PSe. The molecule has 0 aromatic rings. The summed E-state index contributed by atoms with van der Waals surface area (Å²) in [4.78, 5) is 2.26. The second kappa shape index (κ2) is 2.58. The zero-order valence-corrected chi connectivity index (χ0v) is 5.93. The molecule has 0 radical (unpaired) electrons. The molecule has 1 unspecified atom stereocenters. The summed E-state index contributed by atoms with van der Waals surface area (Å²) in [5.41, 5.74) is 0. The summed E-state index contributed by atoms with van der Waals surface area (Å²) in [6.45, 7) is 0. The molecule has 0 spiro atoms. The van der Waals surface area contributed by atoms with Gasteiger partial charge in [-0.25, -0.2) is 0 Å². The molecule has 0 nitrogen and oxygen atoms in total.